The lowest BCUT2D eigenvalue weighted by Crippen LogP contribution is -2.44. The van der Waals surface area contributed by atoms with Crippen molar-refractivity contribution in [2.24, 2.45) is 5.92 Å². The molecule has 0 saturated carbocycles. The molecule has 2 aromatic rings. The van der Waals surface area contributed by atoms with Gasteiger partial charge in [-0.2, -0.15) is 4.31 Å². The predicted octanol–water partition coefficient (Wildman–Crippen LogP) is 1.58. The van der Waals surface area contributed by atoms with E-state index >= 15 is 0 Å². The van der Waals surface area contributed by atoms with Crippen molar-refractivity contribution in [2.75, 3.05) is 32.5 Å². The summed E-state index contributed by atoms with van der Waals surface area (Å²) < 4.78 is 58.6. The van der Waals surface area contributed by atoms with E-state index in [1.165, 1.54) is 37.5 Å². The van der Waals surface area contributed by atoms with Crippen LogP contribution in [0.1, 0.15) is 24.3 Å². The molecule has 1 fully saturated rings. The molecular weight excluding hydrogens is 444 g/mol. The summed E-state index contributed by atoms with van der Waals surface area (Å²) in [7, 11) is -4.81. The summed E-state index contributed by atoms with van der Waals surface area (Å²) in [5, 5.41) is 6.39. The maximum absolute atomic E-state index is 13.1. The Morgan fingerprint density at radius 1 is 1.19 bits per heavy atom. The van der Waals surface area contributed by atoms with E-state index in [0.29, 0.717) is 12.8 Å². The Kier molecular flexibility index (Phi) is 6.56. The van der Waals surface area contributed by atoms with Crippen LogP contribution in [-0.4, -0.2) is 63.7 Å². The number of carbonyl (C=O) groups excluding carboxylic acids is 1. The molecular formula is C19H26N4O6S2. The number of anilines is 1. The summed E-state index contributed by atoms with van der Waals surface area (Å²) in [6, 6.07) is 6.12. The Morgan fingerprint density at radius 2 is 1.87 bits per heavy atom. The van der Waals surface area contributed by atoms with Crippen LogP contribution in [0.5, 0.6) is 0 Å². The van der Waals surface area contributed by atoms with E-state index in [0.717, 1.165) is 4.31 Å². The number of amides is 1. The van der Waals surface area contributed by atoms with Crippen molar-refractivity contribution in [2.45, 2.75) is 36.5 Å². The number of carbonyl (C=O) groups is 1. The van der Waals surface area contributed by atoms with E-state index < -0.39 is 31.9 Å². The summed E-state index contributed by atoms with van der Waals surface area (Å²) in [6.45, 7) is 3.35. The number of benzene rings is 1. The van der Waals surface area contributed by atoms with Crippen molar-refractivity contribution in [3.05, 3.63) is 35.7 Å². The second-order valence-corrected chi connectivity index (χ2v) is 11.6. The van der Waals surface area contributed by atoms with Crippen molar-refractivity contribution in [3.63, 3.8) is 0 Å². The molecule has 0 spiro atoms. The van der Waals surface area contributed by atoms with Crippen molar-refractivity contribution in [1.29, 1.82) is 0 Å². The highest BCUT2D eigenvalue weighted by Gasteiger charge is 2.36. The molecule has 1 N–H and O–H groups in total. The van der Waals surface area contributed by atoms with Gasteiger partial charge in [-0.15, -0.1) is 0 Å². The highest BCUT2D eigenvalue weighted by atomic mass is 32.2. The molecule has 1 aromatic carbocycles. The highest BCUT2D eigenvalue weighted by molar-refractivity contribution is 7.89. The maximum Gasteiger partial charge on any atom is 0.248 e. The average molecular weight is 471 g/mol. The SMILES string of the molecule is Cc1noc(C)c1S(=O)(=O)N1CCCC(C(=O)Nc2ccccc2S(=O)(=O)N(C)C)C1. The number of rotatable bonds is 6. The quantitative estimate of drug-likeness (QED) is 0.678. The minimum absolute atomic E-state index is 0.0131. The fourth-order valence-electron chi connectivity index (χ4n) is 3.57. The van der Waals surface area contributed by atoms with Crippen LogP contribution in [0.4, 0.5) is 5.69 Å². The van der Waals surface area contributed by atoms with Crippen LogP contribution in [-0.2, 0) is 24.8 Å². The van der Waals surface area contributed by atoms with Gasteiger partial charge >= 0.3 is 0 Å². The number of hydrogen-bond acceptors (Lipinski definition) is 7. The Balaban J connectivity index is 1.82. The second kappa shape index (κ2) is 8.69. The van der Waals surface area contributed by atoms with E-state index in [2.05, 4.69) is 10.5 Å². The van der Waals surface area contributed by atoms with Crippen molar-refractivity contribution in [1.82, 2.24) is 13.8 Å². The molecule has 1 aromatic heterocycles. The van der Waals surface area contributed by atoms with Crippen LogP contribution in [0.15, 0.2) is 38.6 Å². The molecule has 1 aliphatic heterocycles. The van der Waals surface area contributed by atoms with Gasteiger partial charge in [-0.3, -0.25) is 4.79 Å². The number of nitrogens with zero attached hydrogens (tertiary/aromatic N) is 3. The molecule has 10 nitrogen and oxygen atoms in total. The number of aromatic nitrogens is 1. The van der Waals surface area contributed by atoms with Crippen LogP contribution >= 0.6 is 0 Å². The van der Waals surface area contributed by atoms with Gasteiger partial charge in [0.05, 0.1) is 11.6 Å². The first kappa shape index (κ1) is 23.4. The number of sulfonamides is 2. The van der Waals surface area contributed by atoms with Gasteiger partial charge in [0.15, 0.2) is 5.76 Å². The number of para-hydroxylation sites is 1. The number of aryl methyl sites for hydroxylation is 2. The minimum atomic E-state index is -3.87. The van der Waals surface area contributed by atoms with Gasteiger partial charge < -0.3 is 9.84 Å². The molecule has 1 aliphatic rings. The van der Waals surface area contributed by atoms with Gasteiger partial charge in [0.1, 0.15) is 15.5 Å². The minimum Gasteiger partial charge on any atom is -0.360 e. The zero-order valence-corrected chi connectivity index (χ0v) is 19.5. The van der Waals surface area contributed by atoms with Gasteiger partial charge in [-0.1, -0.05) is 17.3 Å². The second-order valence-electron chi connectivity index (χ2n) is 7.63. The molecule has 0 aliphatic carbocycles. The third-order valence-electron chi connectivity index (χ3n) is 5.22. The Hall–Kier alpha value is -2.28. The zero-order chi connectivity index (χ0) is 23.0. The molecule has 1 atom stereocenters. The fourth-order valence-corrected chi connectivity index (χ4v) is 6.43. The van der Waals surface area contributed by atoms with Crippen LogP contribution in [0.25, 0.3) is 0 Å². The normalized spacial score (nSPS) is 18.3. The van der Waals surface area contributed by atoms with Crippen LogP contribution in [0.3, 0.4) is 0 Å². The number of hydrogen-bond donors (Lipinski definition) is 1. The summed E-state index contributed by atoms with van der Waals surface area (Å²) >= 11 is 0. The molecule has 0 radical (unpaired) electrons. The summed E-state index contributed by atoms with van der Waals surface area (Å²) in [4.78, 5) is 12.9. The van der Waals surface area contributed by atoms with Crippen LogP contribution in [0, 0.1) is 19.8 Å². The molecule has 1 amide bonds. The smallest absolute Gasteiger partial charge is 0.248 e. The molecule has 12 heteroatoms. The zero-order valence-electron chi connectivity index (χ0n) is 17.8. The predicted molar refractivity (Wildman–Crippen MR) is 113 cm³/mol. The first-order valence-electron chi connectivity index (χ1n) is 9.71. The van der Waals surface area contributed by atoms with Crippen molar-refractivity contribution in [3.8, 4) is 0 Å². The van der Waals surface area contributed by atoms with Crippen molar-refractivity contribution < 1.29 is 26.2 Å². The van der Waals surface area contributed by atoms with E-state index in [9.17, 15) is 21.6 Å². The van der Waals surface area contributed by atoms with Gasteiger partial charge in [0, 0.05) is 27.2 Å². The first-order valence-corrected chi connectivity index (χ1v) is 12.6. The van der Waals surface area contributed by atoms with Gasteiger partial charge in [0.25, 0.3) is 0 Å². The Labute approximate surface area is 182 Å². The molecule has 2 heterocycles. The molecule has 31 heavy (non-hydrogen) atoms. The highest BCUT2D eigenvalue weighted by Crippen LogP contribution is 2.29. The Bertz CT molecular complexity index is 1170. The van der Waals surface area contributed by atoms with Crippen LogP contribution in [0.2, 0.25) is 0 Å². The lowest BCUT2D eigenvalue weighted by atomic mass is 9.99. The lowest BCUT2D eigenvalue weighted by molar-refractivity contribution is -0.120. The summed E-state index contributed by atoms with van der Waals surface area (Å²) in [5.41, 5.74) is 0.429. The van der Waals surface area contributed by atoms with Gasteiger partial charge in [-0.25, -0.2) is 21.1 Å². The van der Waals surface area contributed by atoms with Gasteiger partial charge in [-0.05, 0) is 38.8 Å². The number of piperidine rings is 1. The lowest BCUT2D eigenvalue weighted by Gasteiger charge is -2.31. The third-order valence-corrected chi connectivity index (χ3v) is 9.21. The van der Waals surface area contributed by atoms with Gasteiger partial charge in [0.2, 0.25) is 26.0 Å². The van der Waals surface area contributed by atoms with Crippen molar-refractivity contribution >= 4 is 31.6 Å². The molecule has 170 valence electrons. The molecule has 1 saturated heterocycles. The molecule has 3 rings (SSSR count). The number of nitrogens with one attached hydrogen (secondary N) is 1. The molecule has 0 bridgehead atoms. The van der Waals surface area contributed by atoms with E-state index in [1.807, 2.05) is 0 Å². The third kappa shape index (κ3) is 4.52. The van der Waals surface area contributed by atoms with E-state index in [1.54, 1.807) is 19.1 Å². The first-order chi connectivity index (χ1) is 14.5. The topological polar surface area (TPSA) is 130 Å². The summed E-state index contributed by atoms with van der Waals surface area (Å²) in [5.74, 6) is -0.855. The maximum atomic E-state index is 13.1. The van der Waals surface area contributed by atoms with Crippen LogP contribution < -0.4 is 5.32 Å². The van der Waals surface area contributed by atoms with E-state index in [4.69, 9.17) is 4.52 Å². The Morgan fingerprint density at radius 3 is 2.48 bits per heavy atom. The largest absolute Gasteiger partial charge is 0.360 e. The monoisotopic (exact) mass is 470 g/mol. The standard InChI is InChI=1S/C19H26N4O6S2/c1-13-18(14(2)29-21-13)31(27,28)23-11-7-8-15(12-23)19(24)20-16-9-5-6-10-17(16)30(25,26)22(3)4/h5-6,9-10,15H,7-8,11-12H2,1-4H3,(H,20,24). The average Bonchev–Trinajstić information content (AvgIpc) is 3.07. The van der Waals surface area contributed by atoms with E-state index in [-0.39, 0.29) is 40.0 Å². The fraction of sp³-hybridized carbons (Fsp3) is 0.474. The molecule has 1 unspecified atom stereocenters. The summed E-state index contributed by atoms with van der Waals surface area (Å²) in [6.07, 6.45) is 0.986.